The number of aromatic nitrogens is 2. The number of ether oxygens (including phenoxy) is 1. The largest absolute Gasteiger partial charge is 0.376 e. The van der Waals surface area contributed by atoms with Crippen molar-refractivity contribution >= 4 is 17.7 Å². The van der Waals surface area contributed by atoms with Gasteiger partial charge in [-0.3, -0.25) is 4.79 Å². The van der Waals surface area contributed by atoms with Gasteiger partial charge in [-0.1, -0.05) is 42.1 Å². The van der Waals surface area contributed by atoms with Crippen molar-refractivity contribution in [2.24, 2.45) is 0 Å². The second-order valence-corrected chi connectivity index (χ2v) is 8.13. The van der Waals surface area contributed by atoms with Gasteiger partial charge in [-0.15, -0.1) is 0 Å². The first-order chi connectivity index (χ1) is 13.0. The molecule has 0 unspecified atom stereocenters. The molecule has 0 aliphatic carbocycles. The summed E-state index contributed by atoms with van der Waals surface area (Å²) >= 11 is 1.52. The molecular formula is C21H29N3O2S. The van der Waals surface area contributed by atoms with Crippen LogP contribution in [-0.4, -0.2) is 45.9 Å². The number of amides is 1. The predicted octanol–water partition coefficient (Wildman–Crippen LogP) is 3.99. The zero-order valence-electron chi connectivity index (χ0n) is 16.6. The highest BCUT2D eigenvalue weighted by molar-refractivity contribution is 7.99. The molecule has 27 heavy (non-hydrogen) atoms. The third-order valence-corrected chi connectivity index (χ3v) is 6.38. The Kier molecular flexibility index (Phi) is 6.60. The maximum Gasteiger partial charge on any atom is 0.233 e. The molecule has 1 saturated heterocycles. The first kappa shape index (κ1) is 20.0. The molecule has 0 N–H and O–H groups in total. The molecule has 6 heteroatoms. The van der Waals surface area contributed by atoms with Crippen LogP contribution in [0, 0.1) is 13.8 Å². The van der Waals surface area contributed by atoms with Crippen LogP contribution in [0.15, 0.2) is 35.5 Å². The highest BCUT2D eigenvalue weighted by atomic mass is 32.2. The second-order valence-electron chi connectivity index (χ2n) is 7.19. The Morgan fingerprint density at radius 3 is 2.78 bits per heavy atom. The number of hydrogen-bond acceptors (Lipinski definition) is 4. The summed E-state index contributed by atoms with van der Waals surface area (Å²) < 4.78 is 8.00. The van der Waals surface area contributed by atoms with E-state index in [9.17, 15) is 4.79 Å². The molecule has 0 bridgehead atoms. The molecule has 2 heterocycles. The third-order valence-electron chi connectivity index (χ3n) is 5.41. The summed E-state index contributed by atoms with van der Waals surface area (Å²) in [6, 6.07) is 10.2. The fraction of sp³-hybridized carbons (Fsp3) is 0.524. The van der Waals surface area contributed by atoms with E-state index < -0.39 is 0 Å². The summed E-state index contributed by atoms with van der Waals surface area (Å²) in [4.78, 5) is 19.2. The lowest BCUT2D eigenvalue weighted by molar-refractivity contribution is -0.128. The molecule has 0 radical (unpaired) electrons. The zero-order chi connectivity index (χ0) is 19.4. The number of nitrogens with zero attached hydrogens (tertiary/aromatic N) is 3. The van der Waals surface area contributed by atoms with E-state index >= 15 is 0 Å². The Hall–Kier alpha value is -1.79. The van der Waals surface area contributed by atoms with Crippen molar-refractivity contribution in [1.29, 1.82) is 0 Å². The van der Waals surface area contributed by atoms with E-state index in [1.54, 1.807) is 0 Å². The molecule has 0 spiro atoms. The van der Waals surface area contributed by atoms with Crippen molar-refractivity contribution in [3.63, 3.8) is 0 Å². The summed E-state index contributed by atoms with van der Waals surface area (Å²) in [5, 5.41) is 0.912. The van der Waals surface area contributed by atoms with Crippen LogP contribution < -0.4 is 0 Å². The average Bonchev–Trinajstić information content (AvgIpc) is 3.29. The Labute approximate surface area is 166 Å². The Morgan fingerprint density at radius 2 is 2.11 bits per heavy atom. The third kappa shape index (κ3) is 4.74. The van der Waals surface area contributed by atoms with Gasteiger partial charge >= 0.3 is 0 Å². The van der Waals surface area contributed by atoms with Crippen molar-refractivity contribution < 1.29 is 9.53 Å². The van der Waals surface area contributed by atoms with Crippen LogP contribution in [0.2, 0.25) is 0 Å². The molecule has 2 aromatic rings. The minimum Gasteiger partial charge on any atom is -0.376 e. The monoisotopic (exact) mass is 387 g/mol. The minimum atomic E-state index is 0.0504. The van der Waals surface area contributed by atoms with E-state index in [0.29, 0.717) is 5.75 Å². The van der Waals surface area contributed by atoms with Crippen molar-refractivity contribution in [1.82, 2.24) is 14.5 Å². The van der Waals surface area contributed by atoms with Gasteiger partial charge in [0, 0.05) is 19.3 Å². The molecule has 1 amide bonds. The highest BCUT2D eigenvalue weighted by Gasteiger charge is 2.22. The van der Waals surface area contributed by atoms with Crippen molar-refractivity contribution in [3.05, 3.63) is 47.3 Å². The SMILES string of the molecule is Cc1nc(SCC(=O)N(C)[C@H](C)c2ccccc2)n(C[C@H]2CCCO2)c1C. The van der Waals surface area contributed by atoms with E-state index in [-0.39, 0.29) is 18.1 Å². The van der Waals surface area contributed by atoms with Gasteiger partial charge in [0.1, 0.15) is 0 Å². The molecule has 3 rings (SSSR count). The Balaban J connectivity index is 1.63. The van der Waals surface area contributed by atoms with Gasteiger partial charge in [0.25, 0.3) is 0 Å². The molecule has 1 aliphatic rings. The molecule has 0 saturated carbocycles. The lowest BCUT2D eigenvalue weighted by atomic mass is 10.1. The van der Waals surface area contributed by atoms with E-state index in [0.717, 1.165) is 48.1 Å². The van der Waals surface area contributed by atoms with E-state index in [2.05, 4.69) is 35.5 Å². The number of imidazole rings is 1. The predicted molar refractivity (Wildman–Crippen MR) is 109 cm³/mol. The van der Waals surface area contributed by atoms with Crippen LogP contribution in [0.25, 0.3) is 0 Å². The van der Waals surface area contributed by atoms with Crippen molar-refractivity contribution in [2.75, 3.05) is 19.4 Å². The van der Waals surface area contributed by atoms with Crippen molar-refractivity contribution in [3.8, 4) is 0 Å². The van der Waals surface area contributed by atoms with Crippen molar-refractivity contribution in [2.45, 2.75) is 57.5 Å². The quantitative estimate of drug-likeness (QED) is 0.674. The fourth-order valence-corrected chi connectivity index (χ4v) is 4.36. The molecule has 5 nitrogen and oxygen atoms in total. The maximum atomic E-state index is 12.7. The Morgan fingerprint density at radius 1 is 1.37 bits per heavy atom. The van der Waals surface area contributed by atoms with Crippen LogP contribution in [0.4, 0.5) is 0 Å². The first-order valence-electron chi connectivity index (χ1n) is 9.56. The van der Waals surface area contributed by atoms with Gasteiger partial charge in [0.05, 0.1) is 30.1 Å². The molecule has 1 aromatic carbocycles. The molecule has 1 aromatic heterocycles. The van der Waals surface area contributed by atoms with Crippen LogP contribution >= 0.6 is 11.8 Å². The summed E-state index contributed by atoms with van der Waals surface area (Å²) in [5.74, 6) is 0.494. The van der Waals surface area contributed by atoms with E-state index in [1.165, 1.54) is 11.8 Å². The van der Waals surface area contributed by atoms with Crippen LogP contribution in [-0.2, 0) is 16.1 Å². The molecule has 2 atom stereocenters. The van der Waals surface area contributed by atoms with Gasteiger partial charge < -0.3 is 14.2 Å². The normalized spacial score (nSPS) is 17.9. The lowest BCUT2D eigenvalue weighted by Gasteiger charge is -2.25. The fourth-order valence-electron chi connectivity index (χ4n) is 3.34. The van der Waals surface area contributed by atoms with Gasteiger partial charge in [0.2, 0.25) is 5.91 Å². The Bertz CT molecular complexity index is 769. The summed E-state index contributed by atoms with van der Waals surface area (Å²) in [6.07, 6.45) is 2.48. The van der Waals surface area contributed by atoms with E-state index in [1.807, 2.05) is 37.1 Å². The molecule has 1 aliphatic heterocycles. The summed E-state index contributed by atoms with van der Waals surface area (Å²) in [7, 11) is 1.87. The highest BCUT2D eigenvalue weighted by Crippen LogP contribution is 2.26. The topological polar surface area (TPSA) is 47.4 Å². The summed E-state index contributed by atoms with van der Waals surface area (Å²) in [6.45, 7) is 7.84. The average molecular weight is 388 g/mol. The number of aryl methyl sites for hydroxylation is 1. The van der Waals surface area contributed by atoms with Gasteiger partial charge in [0.15, 0.2) is 5.16 Å². The van der Waals surface area contributed by atoms with Gasteiger partial charge in [-0.05, 0) is 39.2 Å². The zero-order valence-corrected chi connectivity index (χ0v) is 17.5. The minimum absolute atomic E-state index is 0.0504. The standard InChI is InChI=1S/C21H29N3O2S/c1-15-16(2)24(13-19-11-8-12-26-19)21(22-15)27-14-20(25)23(4)17(3)18-9-6-5-7-10-18/h5-7,9-10,17,19H,8,11-14H2,1-4H3/t17-,19-/m1/s1. The van der Waals surface area contributed by atoms with E-state index in [4.69, 9.17) is 4.74 Å². The molecule has 1 fully saturated rings. The second kappa shape index (κ2) is 8.93. The summed E-state index contributed by atoms with van der Waals surface area (Å²) in [5.41, 5.74) is 3.32. The number of thioether (sulfide) groups is 1. The molecular weight excluding hydrogens is 358 g/mol. The lowest BCUT2D eigenvalue weighted by Crippen LogP contribution is -2.31. The van der Waals surface area contributed by atoms with Crippen LogP contribution in [0.3, 0.4) is 0 Å². The maximum absolute atomic E-state index is 12.7. The number of carbonyl (C=O) groups excluding carboxylic acids is 1. The number of hydrogen-bond donors (Lipinski definition) is 0. The van der Waals surface area contributed by atoms with Gasteiger partial charge in [-0.2, -0.15) is 0 Å². The number of carbonyl (C=O) groups is 1. The first-order valence-corrected chi connectivity index (χ1v) is 10.5. The van der Waals surface area contributed by atoms with Crippen LogP contribution in [0.1, 0.15) is 42.8 Å². The van der Waals surface area contributed by atoms with Crippen LogP contribution in [0.5, 0.6) is 0 Å². The number of rotatable bonds is 7. The smallest absolute Gasteiger partial charge is 0.233 e. The van der Waals surface area contributed by atoms with Gasteiger partial charge in [-0.25, -0.2) is 4.98 Å². The number of benzene rings is 1. The molecule has 146 valence electrons.